The molecule has 0 spiro atoms. The number of carbonyl (C=O) groups excluding carboxylic acids is 1. The molecule has 1 aliphatic rings. The molecule has 0 radical (unpaired) electrons. The summed E-state index contributed by atoms with van der Waals surface area (Å²) in [6.45, 7) is 3.79. The molecule has 1 fully saturated rings. The number of benzene rings is 1. The summed E-state index contributed by atoms with van der Waals surface area (Å²) in [7, 11) is -3.38. The van der Waals surface area contributed by atoms with Crippen molar-refractivity contribution in [3.05, 3.63) is 47.0 Å². The molecule has 7 nitrogen and oxygen atoms in total. The van der Waals surface area contributed by atoms with E-state index in [0.29, 0.717) is 13.1 Å². The Morgan fingerprint density at radius 3 is 2.54 bits per heavy atom. The molecular weight excluding hydrogens is 396 g/mol. The summed E-state index contributed by atoms with van der Waals surface area (Å²) >= 11 is 1.60. The SMILES string of the molecule is CCNc1nc(C2(c3ccccc3)CCN(C(=O)CNS(C)(=O)=O)CC2)cs1. The molecule has 0 bridgehead atoms. The standard InChI is InChI=1S/C19H26N4O3S2/c1-3-20-18-22-16(14-27-18)19(15-7-5-4-6-8-15)9-11-23(12-10-19)17(24)13-21-28(2,25)26/h4-8,14,21H,3,9-13H2,1-2H3,(H,20,22). The number of sulfonamides is 1. The molecule has 1 aliphatic heterocycles. The second-order valence-corrected chi connectivity index (χ2v) is 9.68. The molecule has 0 atom stereocenters. The third-order valence-corrected chi connectivity index (χ3v) is 6.57. The van der Waals surface area contributed by atoms with Gasteiger partial charge in [-0.2, -0.15) is 0 Å². The summed E-state index contributed by atoms with van der Waals surface area (Å²) in [5.74, 6) is -0.196. The molecular formula is C19H26N4O3S2. The summed E-state index contributed by atoms with van der Waals surface area (Å²) in [5, 5.41) is 6.28. The summed E-state index contributed by atoms with van der Waals surface area (Å²) in [4.78, 5) is 18.9. The number of likely N-dealkylation sites (tertiary alicyclic amines) is 1. The van der Waals surface area contributed by atoms with Gasteiger partial charge in [0.1, 0.15) is 0 Å². The van der Waals surface area contributed by atoms with Crippen LogP contribution < -0.4 is 10.0 Å². The van der Waals surface area contributed by atoms with Crippen LogP contribution in [0.3, 0.4) is 0 Å². The number of anilines is 1. The lowest BCUT2D eigenvalue weighted by Crippen LogP contribution is -2.48. The van der Waals surface area contributed by atoms with E-state index < -0.39 is 10.0 Å². The maximum Gasteiger partial charge on any atom is 0.237 e. The van der Waals surface area contributed by atoms with Crippen molar-refractivity contribution in [2.45, 2.75) is 25.2 Å². The van der Waals surface area contributed by atoms with Gasteiger partial charge in [-0.3, -0.25) is 4.79 Å². The van der Waals surface area contributed by atoms with Crippen LogP contribution in [0.25, 0.3) is 0 Å². The van der Waals surface area contributed by atoms with Crippen molar-refractivity contribution >= 4 is 32.4 Å². The summed E-state index contributed by atoms with van der Waals surface area (Å²) < 4.78 is 24.8. The number of nitrogens with zero attached hydrogens (tertiary/aromatic N) is 2. The van der Waals surface area contributed by atoms with Crippen molar-refractivity contribution in [3.63, 3.8) is 0 Å². The Morgan fingerprint density at radius 2 is 1.93 bits per heavy atom. The van der Waals surface area contributed by atoms with Crippen molar-refractivity contribution < 1.29 is 13.2 Å². The molecule has 152 valence electrons. The quantitative estimate of drug-likeness (QED) is 0.712. The maximum absolute atomic E-state index is 12.4. The number of thiazole rings is 1. The minimum absolute atomic E-state index is 0.196. The van der Waals surface area contributed by atoms with Crippen molar-refractivity contribution in [1.82, 2.24) is 14.6 Å². The van der Waals surface area contributed by atoms with E-state index in [4.69, 9.17) is 4.98 Å². The lowest BCUT2D eigenvalue weighted by Gasteiger charge is -2.41. The van der Waals surface area contributed by atoms with Gasteiger partial charge < -0.3 is 10.2 Å². The number of rotatable bonds is 7. The predicted molar refractivity (Wildman–Crippen MR) is 112 cm³/mol. The Bertz CT molecular complexity index is 904. The summed E-state index contributed by atoms with van der Waals surface area (Å²) in [6.07, 6.45) is 2.55. The van der Waals surface area contributed by atoms with Crippen LogP contribution in [0.1, 0.15) is 31.0 Å². The zero-order chi connectivity index (χ0) is 20.2. The lowest BCUT2D eigenvalue weighted by molar-refractivity contribution is -0.131. The topological polar surface area (TPSA) is 91.4 Å². The lowest BCUT2D eigenvalue weighted by atomic mass is 9.70. The molecule has 2 N–H and O–H groups in total. The van der Waals surface area contributed by atoms with Crippen LogP contribution in [-0.4, -0.2) is 56.6 Å². The average Bonchev–Trinajstić information content (AvgIpc) is 3.16. The van der Waals surface area contributed by atoms with Crippen molar-refractivity contribution in [2.24, 2.45) is 0 Å². The van der Waals surface area contributed by atoms with Gasteiger partial charge in [0.25, 0.3) is 0 Å². The van der Waals surface area contributed by atoms with E-state index in [2.05, 4.69) is 27.6 Å². The first-order valence-electron chi connectivity index (χ1n) is 9.32. The van der Waals surface area contributed by atoms with Crippen LogP contribution in [0.15, 0.2) is 35.7 Å². The number of piperidine rings is 1. The Balaban J connectivity index is 1.80. The zero-order valence-electron chi connectivity index (χ0n) is 16.1. The predicted octanol–water partition coefficient (Wildman–Crippen LogP) is 2.03. The van der Waals surface area contributed by atoms with Gasteiger partial charge in [0.05, 0.1) is 18.5 Å². The number of amides is 1. The molecule has 1 aromatic heterocycles. The highest BCUT2D eigenvalue weighted by molar-refractivity contribution is 7.88. The number of hydrogen-bond donors (Lipinski definition) is 2. The number of aromatic nitrogens is 1. The van der Waals surface area contributed by atoms with Gasteiger partial charge in [-0.15, -0.1) is 11.3 Å². The van der Waals surface area contributed by atoms with Gasteiger partial charge in [-0.1, -0.05) is 30.3 Å². The summed E-state index contributed by atoms with van der Waals surface area (Å²) in [6, 6.07) is 10.3. The van der Waals surface area contributed by atoms with E-state index in [0.717, 1.165) is 36.5 Å². The van der Waals surface area contributed by atoms with Crippen LogP contribution in [0.2, 0.25) is 0 Å². The zero-order valence-corrected chi connectivity index (χ0v) is 17.8. The second-order valence-electron chi connectivity index (χ2n) is 6.99. The van der Waals surface area contributed by atoms with Crippen molar-refractivity contribution in [3.8, 4) is 0 Å². The first-order chi connectivity index (χ1) is 13.3. The van der Waals surface area contributed by atoms with Gasteiger partial charge in [-0.05, 0) is 25.3 Å². The Morgan fingerprint density at radius 1 is 1.25 bits per heavy atom. The Labute approximate surface area is 170 Å². The highest BCUT2D eigenvalue weighted by Crippen LogP contribution is 2.42. The van der Waals surface area contributed by atoms with Crippen LogP contribution in [0.5, 0.6) is 0 Å². The van der Waals surface area contributed by atoms with Crippen LogP contribution in [-0.2, 0) is 20.2 Å². The first kappa shape index (κ1) is 20.8. The molecule has 0 saturated carbocycles. The maximum atomic E-state index is 12.4. The van der Waals surface area contributed by atoms with Crippen molar-refractivity contribution in [1.29, 1.82) is 0 Å². The van der Waals surface area contributed by atoms with E-state index in [1.807, 2.05) is 25.1 Å². The average molecular weight is 423 g/mol. The molecule has 1 aromatic carbocycles. The highest BCUT2D eigenvalue weighted by Gasteiger charge is 2.40. The largest absolute Gasteiger partial charge is 0.362 e. The van der Waals surface area contributed by atoms with Crippen LogP contribution in [0.4, 0.5) is 5.13 Å². The Hall–Kier alpha value is -1.97. The minimum atomic E-state index is -3.38. The number of nitrogens with one attached hydrogen (secondary N) is 2. The monoisotopic (exact) mass is 422 g/mol. The van der Waals surface area contributed by atoms with Gasteiger partial charge in [0.15, 0.2) is 5.13 Å². The van der Waals surface area contributed by atoms with E-state index in [9.17, 15) is 13.2 Å². The third kappa shape index (κ3) is 4.71. The van der Waals surface area contributed by atoms with Gasteiger partial charge >= 0.3 is 0 Å². The molecule has 3 rings (SSSR count). The molecule has 1 saturated heterocycles. The fourth-order valence-electron chi connectivity index (χ4n) is 3.62. The number of carbonyl (C=O) groups is 1. The molecule has 2 aromatic rings. The number of hydrogen-bond acceptors (Lipinski definition) is 6. The molecule has 9 heteroatoms. The minimum Gasteiger partial charge on any atom is -0.362 e. The van der Waals surface area contributed by atoms with Gasteiger partial charge in [0, 0.05) is 30.4 Å². The smallest absolute Gasteiger partial charge is 0.237 e. The second kappa shape index (κ2) is 8.59. The van der Waals surface area contributed by atoms with E-state index in [-0.39, 0.29) is 17.9 Å². The summed E-state index contributed by atoms with van der Waals surface area (Å²) in [5.41, 5.74) is 1.98. The van der Waals surface area contributed by atoms with Crippen LogP contribution in [0, 0.1) is 0 Å². The normalized spacial score (nSPS) is 16.7. The van der Waals surface area contributed by atoms with E-state index in [1.54, 1.807) is 16.2 Å². The highest BCUT2D eigenvalue weighted by atomic mass is 32.2. The molecule has 1 amide bonds. The fourth-order valence-corrected chi connectivity index (χ4v) is 4.88. The molecule has 0 aliphatic carbocycles. The molecule has 28 heavy (non-hydrogen) atoms. The third-order valence-electron chi connectivity index (χ3n) is 5.10. The van der Waals surface area contributed by atoms with E-state index >= 15 is 0 Å². The van der Waals surface area contributed by atoms with E-state index in [1.165, 1.54) is 5.56 Å². The first-order valence-corrected chi connectivity index (χ1v) is 12.1. The molecule has 2 heterocycles. The Kier molecular flexibility index (Phi) is 6.36. The fraction of sp³-hybridized carbons (Fsp3) is 0.474. The van der Waals surface area contributed by atoms with Gasteiger partial charge in [0.2, 0.25) is 15.9 Å². The van der Waals surface area contributed by atoms with Crippen molar-refractivity contribution in [2.75, 3.05) is 37.8 Å². The van der Waals surface area contributed by atoms with Crippen LogP contribution >= 0.6 is 11.3 Å². The molecule has 0 unspecified atom stereocenters. The van der Waals surface area contributed by atoms with Gasteiger partial charge in [-0.25, -0.2) is 18.1 Å².